The molecule has 1 amide bonds. The molecule has 0 bridgehead atoms. The van der Waals surface area contributed by atoms with Gasteiger partial charge in [-0.05, 0) is 20.8 Å². The predicted octanol–water partition coefficient (Wildman–Crippen LogP) is 0.803. The number of nitrogens with zero attached hydrogens (tertiary/aromatic N) is 2. The minimum Gasteiger partial charge on any atom is -0.366 e. The molecule has 1 saturated heterocycles. The van der Waals surface area contributed by atoms with E-state index in [0.717, 1.165) is 26.2 Å². The molecular weight excluding hydrogens is 382 g/mol. The molecule has 1 heterocycles. The van der Waals surface area contributed by atoms with Crippen LogP contribution in [0.25, 0.3) is 0 Å². The SMILES string of the molecule is CC(C)(C)N1CCN(C(=O)[C-]=S)CC1.[Re]. The van der Waals surface area contributed by atoms with Gasteiger partial charge in [0, 0.05) is 52.1 Å². The zero-order valence-electron chi connectivity index (χ0n) is 9.42. The van der Waals surface area contributed by atoms with Gasteiger partial charge in [-0.15, -0.1) is 0 Å². The maximum Gasteiger partial charge on any atom is 0.0751 e. The zero-order chi connectivity index (χ0) is 10.8. The molecule has 0 aliphatic carbocycles. The van der Waals surface area contributed by atoms with Crippen LogP contribution in [0.3, 0.4) is 0 Å². The maximum absolute atomic E-state index is 11.2. The molecule has 1 radical (unpaired) electrons. The third-order valence-electron chi connectivity index (χ3n) is 2.60. The Labute approximate surface area is 111 Å². The minimum atomic E-state index is -0.145. The molecule has 0 N–H and O–H groups in total. The van der Waals surface area contributed by atoms with E-state index in [1.165, 1.54) is 0 Å². The smallest absolute Gasteiger partial charge is 0.0751 e. The van der Waals surface area contributed by atoms with Gasteiger partial charge in [0.15, 0.2) is 0 Å². The first kappa shape index (κ1) is 15.2. The molecule has 15 heavy (non-hydrogen) atoms. The Kier molecular flexibility index (Phi) is 6.12. The number of piperazine rings is 1. The molecule has 3 nitrogen and oxygen atoms in total. The number of carbonyl (C=O) groups is 1. The van der Waals surface area contributed by atoms with Gasteiger partial charge in [-0.2, -0.15) is 0 Å². The molecule has 5 heteroatoms. The molecule has 0 saturated carbocycles. The summed E-state index contributed by atoms with van der Waals surface area (Å²) in [6, 6.07) is 0. The van der Waals surface area contributed by atoms with Crippen LogP contribution in [0.1, 0.15) is 20.8 Å². The van der Waals surface area contributed by atoms with Crippen LogP contribution in [-0.4, -0.2) is 52.8 Å². The van der Waals surface area contributed by atoms with Gasteiger partial charge in [-0.3, -0.25) is 4.90 Å². The van der Waals surface area contributed by atoms with Crippen LogP contribution < -0.4 is 0 Å². The molecule has 87 valence electrons. The Morgan fingerprint density at radius 3 is 2.00 bits per heavy atom. The first-order valence-electron chi connectivity index (χ1n) is 4.87. The third kappa shape index (κ3) is 4.28. The largest absolute Gasteiger partial charge is 0.366 e. The molecule has 0 aromatic heterocycles. The quantitative estimate of drug-likeness (QED) is 0.482. The third-order valence-corrected chi connectivity index (χ3v) is 2.78. The average Bonchev–Trinajstić information content (AvgIpc) is 2.15. The van der Waals surface area contributed by atoms with Crippen molar-refractivity contribution in [3.05, 3.63) is 0 Å². The number of thiocarbonyl (C=S) groups is 1. The van der Waals surface area contributed by atoms with Crippen LogP contribution in [0.15, 0.2) is 0 Å². The summed E-state index contributed by atoms with van der Waals surface area (Å²) in [5.74, 6) is -0.145. The van der Waals surface area contributed by atoms with Gasteiger partial charge < -0.3 is 27.3 Å². The Morgan fingerprint density at radius 1 is 1.20 bits per heavy atom. The van der Waals surface area contributed by atoms with Crippen LogP contribution >= 0.6 is 12.2 Å². The summed E-state index contributed by atoms with van der Waals surface area (Å²) in [7, 11) is 0. The second-order valence-electron chi connectivity index (χ2n) is 4.55. The molecule has 1 aliphatic rings. The van der Waals surface area contributed by atoms with Crippen molar-refractivity contribution in [2.24, 2.45) is 0 Å². The zero-order valence-corrected chi connectivity index (χ0v) is 12.9. The maximum atomic E-state index is 11.2. The van der Waals surface area contributed by atoms with E-state index in [4.69, 9.17) is 0 Å². The first-order chi connectivity index (χ1) is 6.45. The summed E-state index contributed by atoms with van der Waals surface area (Å²) in [5, 5.41) is 2.24. The fourth-order valence-electron chi connectivity index (χ4n) is 1.64. The van der Waals surface area contributed by atoms with E-state index in [-0.39, 0.29) is 31.9 Å². The van der Waals surface area contributed by atoms with Gasteiger partial charge in [0.25, 0.3) is 0 Å². The number of amides is 1. The van der Waals surface area contributed by atoms with E-state index in [0.29, 0.717) is 0 Å². The van der Waals surface area contributed by atoms with Crippen molar-refractivity contribution >= 4 is 23.5 Å². The van der Waals surface area contributed by atoms with Gasteiger partial charge in [-0.25, -0.2) is 0 Å². The average molecular weight is 400 g/mol. The molecule has 0 atom stereocenters. The standard InChI is InChI=1S/C10H17N2OS.Re/c1-10(2,3)12-6-4-11(5-7-12)9(13)8-14;/h4-7H2,1-3H3;/q-1;. The fourth-order valence-corrected chi connectivity index (χ4v) is 1.77. The Morgan fingerprint density at radius 2 is 1.67 bits per heavy atom. The molecule has 1 fully saturated rings. The summed E-state index contributed by atoms with van der Waals surface area (Å²) in [4.78, 5) is 15.3. The normalized spacial score (nSPS) is 18.2. The van der Waals surface area contributed by atoms with Crippen molar-refractivity contribution in [1.29, 1.82) is 0 Å². The van der Waals surface area contributed by atoms with Gasteiger partial charge in [0.05, 0.1) is 5.91 Å². The van der Waals surface area contributed by atoms with Gasteiger partial charge in [-0.1, -0.05) is 0 Å². The number of hydrogen-bond acceptors (Lipinski definition) is 3. The molecular formula is C10H17N2OReS-. The van der Waals surface area contributed by atoms with Crippen molar-refractivity contribution in [3.8, 4) is 0 Å². The summed E-state index contributed by atoms with van der Waals surface area (Å²) >= 11 is 4.50. The van der Waals surface area contributed by atoms with E-state index in [1.807, 2.05) is 0 Å². The van der Waals surface area contributed by atoms with Gasteiger partial charge in [0.2, 0.25) is 0 Å². The summed E-state index contributed by atoms with van der Waals surface area (Å²) < 4.78 is 0. The van der Waals surface area contributed by atoms with Crippen molar-refractivity contribution in [1.82, 2.24) is 9.80 Å². The summed E-state index contributed by atoms with van der Waals surface area (Å²) in [5.41, 5.74) is 0.191. The fraction of sp³-hybridized carbons (Fsp3) is 0.800. The molecule has 0 aromatic carbocycles. The Balaban J connectivity index is 0.00000196. The van der Waals surface area contributed by atoms with Crippen molar-refractivity contribution < 1.29 is 25.2 Å². The Hall–Kier alpha value is 0.182. The summed E-state index contributed by atoms with van der Waals surface area (Å²) in [6.07, 6.45) is 0. The van der Waals surface area contributed by atoms with E-state index in [9.17, 15) is 4.79 Å². The van der Waals surface area contributed by atoms with Crippen LogP contribution in [-0.2, 0) is 25.2 Å². The van der Waals surface area contributed by atoms with Crippen LogP contribution in [0.5, 0.6) is 0 Å². The first-order valence-corrected chi connectivity index (χ1v) is 5.28. The monoisotopic (exact) mass is 400 g/mol. The van der Waals surface area contributed by atoms with E-state index >= 15 is 0 Å². The van der Waals surface area contributed by atoms with Gasteiger partial charge in [0.1, 0.15) is 0 Å². The van der Waals surface area contributed by atoms with Crippen LogP contribution in [0.2, 0.25) is 0 Å². The van der Waals surface area contributed by atoms with Crippen LogP contribution in [0.4, 0.5) is 0 Å². The van der Waals surface area contributed by atoms with Crippen molar-refractivity contribution in [3.63, 3.8) is 0 Å². The predicted molar refractivity (Wildman–Crippen MR) is 60.5 cm³/mol. The Bertz CT molecular complexity index is 232. The van der Waals surface area contributed by atoms with E-state index in [1.54, 1.807) is 4.90 Å². The molecule has 0 aromatic rings. The second kappa shape index (κ2) is 6.05. The van der Waals surface area contributed by atoms with Crippen molar-refractivity contribution in [2.45, 2.75) is 26.3 Å². The molecule has 0 unspecified atom stereocenters. The second-order valence-corrected chi connectivity index (χ2v) is 4.76. The van der Waals surface area contributed by atoms with E-state index < -0.39 is 0 Å². The van der Waals surface area contributed by atoms with E-state index in [2.05, 4.69) is 43.3 Å². The van der Waals surface area contributed by atoms with Gasteiger partial charge >= 0.3 is 0 Å². The number of rotatable bonds is 1. The molecule has 1 rings (SSSR count). The minimum absolute atomic E-state index is 0. The topological polar surface area (TPSA) is 23.6 Å². The summed E-state index contributed by atoms with van der Waals surface area (Å²) in [6.45, 7) is 9.94. The van der Waals surface area contributed by atoms with Crippen molar-refractivity contribution in [2.75, 3.05) is 26.2 Å². The van der Waals surface area contributed by atoms with Crippen LogP contribution in [0, 0.1) is 0 Å². The molecule has 1 aliphatic heterocycles. The number of hydrogen-bond donors (Lipinski definition) is 0. The number of carbonyl (C=O) groups excluding carboxylic acids is 1. The molecule has 0 spiro atoms.